The molecule has 0 bridgehead atoms. The van der Waals surface area contributed by atoms with E-state index in [1.807, 2.05) is 4.90 Å². The van der Waals surface area contributed by atoms with E-state index < -0.39 is 0 Å². The van der Waals surface area contributed by atoms with Crippen molar-refractivity contribution in [2.24, 2.45) is 7.05 Å². The van der Waals surface area contributed by atoms with Gasteiger partial charge in [-0.1, -0.05) is 0 Å². The molecule has 0 amide bonds. The number of anilines is 2. The van der Waals surface area contributed by atoms with Gasteiger partial charge in [-0.3, -0.25) is 9.36 Å². The molecule has 0 spiro atoms. The van der Waals surface area contributed by atoms with Crippen molar-refractivity contribution in [3.8, 4) is 0 Å². The molecule has 1 aromatic rings. The van der Waals surface area contributed by atoms with Crippen LogP contribution in [-0.2, 0) is 11.8 Å². The lowest BCUT2D eigenvalue weighted by molar-refractivity contribution is 0.121. The molecule has 15 heavy (non-hydrogen) atoms. The van der Waals surface area contributed by atoms with Crippen LogP contribution in [0.1, 0.15) is 0 Å². The van der Waals surface area contributed by atoms with Crippen LogP contribution in [-0.4, -0.2) is 35.9 Å². The van der Waals surface area contributed by atoms with Gasteiger partial charge in [0.1, 0.15) is 5.69 Å². The fraction of sp³-hybridized carbons (Fsp3) is 0.556. The summed E-state index contributed by atoms with van der Waals surface area (Å²) in [5, 5.41) is 0. The highest BCUT2D eigenvalue weighted by molar-refractivity contribution is 5.39. The van der Waals surface area contributed by atoms with Crippen molar-refractivity contribution in [1.82, 2.24) is 9.55 Å². The average molecular weight is 210 g/mol. The minimum absolute atomic E-state index is 0.175. The van der Waals surface area contributed by atoms with Crippen molar-refractivity contribution < 1.29 is 4.74 Å². The molecule has 2 heterocycles. The van der Waals surface area contributed by atoms with Gasteiger partial charge in [-0.2, -0.15) is 0 Å². The number of hydrogen-bond acceptors (Lipinski definition) is 5. The van der Waals surface area contributed by atoms with E-state index in [0.29, 0.717) is 19.2 Å². The van der Waals surface area contributed by atoms with E-state index in [2.05, 4.69) is 4.98 Å². The Bertz CT molecular complexity index is 409. The predicted octanol–water partition coefficient (Wildman–Crippen LogP) is -0.801. The highest BCUT2D eigenvalue weighted by Crippen LogP contribution is 2.09. The lowest BCUT2D eigenvalue weighted by Gasteiger charge is -2.28. The summed E-state index contributed by atoms with van der Waals surface area (Å²) in [6, 6.07) is 0. The maximum absolute atomic E-state index is 11.6. The van der Waals surface area contributed by atoms with Gasteiger partial charge in [-0.05, 0) is 0 Å². The normalized spacial score (nSPS) is 16.7. The Labute approximate surface area is 87.3 Å². The van der Waals surface area contributed by atoms with E-state index in [0.717, 1.165) is 13.1 Å². The number of aromatic nitrogens is 2. The zero-order chi connectivity index (χ0) is 10.8. The minimum Gasteiger partial charge on any atom is -0.393 e. The monoisotopic (exact) mass is 210 g/mol. The molecule has 1 aromatic heterocycles. The maximum Gasteiger partial charge on any atom is 0.277 e. The number of hydrogen-bond donors (Lipinski definition) is 1. The summed E-state index contributed by atoms with van der Waals surface area (Å²) >= 11 is 0. The number of nitrogens with two attached hydrogens (primary N) is 1. The molecule has 0 atom stereocenters. The van der Waals surface area contributed by atoms with Gasteiger partial charge in [0.25, 0.3) is 5.56 Å². The van der Waals surface area contributed by atoms with Gasteiger partial charge in [0.15, 0.2) is 0 Å². The molecule has 1 aliphatic rings. The minimum atomic E-state index is -0.202. The molecule has 6 heteroatoms. The predicted molar refractivity (Wildman–Crippen MR) is 56.9 cm³/mol. The number of nitrogen functional groups attached to an aromatic ring is 1. The molecular weight excluding hydrogens is 196 g/mol. The average Bonchev–Trinajstić information content (AvgIpc) is 2.27. The number of rotatable bonds is 1. The van der Waals surface area contributed by atoms with Crippen molar-refractivity contribution in [2.75, 3.05) is 36.9 Å². The molecule has 0 saturated carbocycles. The topological polar surface area (TPSA) is 73.4 Å². The van der Waals surface area contributed by atoms with Gasteiger partial charge in [0.2, 0.25) is 5.95 Å². The first kappa shape index (κ1) is 9.97. The largest absolute Gasteiger partial charge is 0.393 e. The molecule has 1 aliphatic heterocycles. The van der Waals surface area contributed by atoms with Crippen LogP contribution >= 0.6 is 0 Å². The molecule has 0 unspecified atom stereocenters. The van der Waals surface area contributed by atoms with Crippen molar-refractivity contribution in [2.45, 2.75) is 0 Å². The molecule has 0 aromatic carbocycles. The summed E-state index contributed by atoms with van der Waals surface area (Å²) in [5.41, 5.74) is 5.45. The third-order valence-electron chi connectivity index (χ3n) is 2.46. The van der Waals surface area contributed by atoms with Crippen LogP contribution in [0.4, 0.5) is 11.6 Å². The van der Waals surface area contributed by atoms with Crippen LogP contribution in [0.3, 0.4) is 0 Å². The summed E-state index contributed by atoms with van der Waals surface area (Å²) < 4.78 is 6.71. The van der Waals surface area contributed by atoms with E-state index in [1.54, 1.807) is 7.05 Å². The lowest BCUT2D eigenvalue weighted by atomic mass is 10.4. The molecule has 0 aliphatic carbocycles. The first-order valence-corrected chi connectivity index (χ1v) is 4.84. The van der Waals surface area contributed by atoms with Crippen LogP contribution < -0.4 is 16.2 Å². The molecule has 2 N–H and O–H groups in total. The standard InChI is InChI=1S/C9H14N4O2/c1-12-8(14)7(10)6-11-9(12)13-2-4-15-5-3-13/h6H,2-5,10H2,1H3. The third kappa shape index (κ3) is 1.80. The van der Waals surface area contributed by atoms with E-state index in [1.165, 1.54) is 10.8 Å². The summed E-state index contributed by atoms with van der Waals surface area (Å²) in [5.74, 6) is 0.650. The first-order valence-electron chi connectivity index (χ1n) is 4.84. The van der Waals surface area contributed by atoms with Crippen LogP contribution in [0.2, 0.25) is 0 Å². The Morgan fingerprint density at radius 2 is 2.13 bits per heavy atom. The van der Waals surface area contributed by atoms with E-state index in [4.69, 9.17) is 10.5 Å². The quantitative estimate of drug-likeness (QED) is 0.657. The summed E-state index contributed by atoms with van der Waals surface area (Å²) in [4.78, 5) is 17.8. The summed E-state index contributed by atoms with van der Waals surface area (Å²) in [6.07, 6.45) is 1.41. The van der Waals surface area contributed by atoms with Gasteiger partial charge in [-0.25, -0.2) is 4.98 Å². The smallest absolute Gasteiger partial charge is 0.277 e. The maximum atomic E-state index is 11.6. The molecular formula is C9H14N4O2. The molecule has 1 saturated heterocycles. The van der Waals surface area contributed by atoms with Gasteiger partial charge in [-0.15, -0.1) is 0 Å². The van der Waals surface area contributed by atoms with Gasteiger partial charge in [0.05, 0.1) is 19.4 Å². The van der Waals surface area contributed by atoms with E-state index >= 15 is 0 Å². The van der Waals surface area contributed by atoms with Crippen LogP contribution in [0.15, 0.2) is 11.0 Å². The lowest BCUT2D eigenvalue weighted by Crippen LogP contribution is -2.40. The van der Waals surface area contributed by atoms with Crippen LogP contribution in [0.5, 0.6) is 0 Å². The van der Waals surface area contributed by atoms with Crippen molar-refractivity contribution in [3.05, 3.63) is 16.6 Å². The molecule has 1 fully saturated rings. The Morgan fingerprint density at radius 3 is 2.80 bits per heavy atom. The zero-order valence-corrected chi connectivity index (χ0v) is 8.64. The zero-order valence-electron chi connectivity index (χ0n) is 8.64. The SMILES string of the molecule is Cn1c(N2CCOCC2)ncc(N)c1=O. The molecule has 0 radical (unpaired) electrons. The number of nitrogens with zero attached hydrogens (tertiary/aromatic N) is 3. The second kappa shape index (κ2) is 3.90. The first-order chi connectivity index (χ1) is 7.20. The Morgan fingerprint density at radius 1 is 1.47 bits per heavy atom. The van der Waals surface area contributed by atoms with Crippen molar-refractivity contribution in [3.63, 3.8) is 0 Å². The Hall–Kier alpha value is -1.56. The van der Waals surface area contributed by atoms with E-state index in [9.17, 15) is 4.79 Å². The highest BCUT2D eigenvalue weighted by Gasteiger charge is 2.15. The molecule has 82 valence electrons. The Balaban J connectivity index is 2.35. The molecule has 2 rings (SSSR count). The van der Waals surface area contributed by atoms with Crippen molar-refractivity contribution >= 4 is 11.6 Å². The Kier molecular flexibility index (Phi) is 2.59. The second-order valence-electron chi connectivity index (χ2n) is 3.48. The van der Waals surface area contributed by atoms with Crippen molar-refractivity contribution in [1.29, 1.82) is 0 Å². The van der Waals surface area contributed by atoms with Crippen LogP contribution in [0.25, 0.3) is 0 Å². The van der Waals surface area contributed by atoms with Crippen LogP contribution in [0, 0.1) is 0 Å². The van der Waals surface area contributed by atoms with Gasteiger partial charge < -0.3 is 15.4 Å². The summed E-state index contributed by atoms with van der Waals surface area (Å²) in [7, 11) is 1.68. The van der Waals surface area contributed by atoms with E-state index in [-0.39, 0.29) is 11.2 Å². The fourth-order valence-corrected chi connectivity index (χ4v) is 1.61. The highest BCUT2D eigenvalue weighted by atomic mass is 16.5. The van der Waals surface area contributed by atoms with Gasteiger partial charge >= 0.3 is 0 Å². The second-order valence-corrected chi connectivity index (χ2v) is 3.48. The van der Waals surface area contributed by atoms with Gasteiger partial charge in [0, 0.05) is 20.1 Å². The molecule has 6 nitrogen and oxygen atoms in total. The third-order valence-corrected chi connectivity index (χ3v) is 2.46. The number of ether oxygens (including phenoxy) is 1. The number of morpholine rings is 1. The summed E-state index contributed by atoms with van der Waals surface area (Å²) in [6.45, 7) is 2.84. The fourth-order valence-electron chi connectivity index (χ4n) is 1.61.